The summed E-state index contributed by atoms with van der Waals surface area (Å²) in [6.07, 6.45) is 5.65. The van der Waals surface area contributed by atoms with Gasteiger partial charge in [-0.2, -0.15) is 0 Å². The molecule has 1 saturated carbocycles. The Bertz CT molecular complexity index is 1450. The van der Waals surface area contributed by atoms with Crippen molar-refractivity contribution < 1.29 is 9.18 Å². The number of carbonyl (C=O) groups excluding carboxylic acids is 1. The molecule has 4 nitrogen and oxygen atoms in total. The molecule has 3 aromatic carbocycles. The van der Waals surface area contributed by atoms with Crippen molar-refractivity contribution in [2.45, 2.75) is 38.3 Å². The lowest BCUT2D eigenvalue weighted by Gasteiger charge is -2.35. The molecule has 8 heteroatoms. The van der Waals surface area contributed by atoms with E-state index in [1.165, 1.54) is 35.4 Å². The van der Waals surface area contributed by atoms with E-state index < -0.39 is 5.82 Å². The Morgan fingerprint density at radius 3 is 2.38 bits per heavy atom. The number of para-hydroxylation sites is 1. The van der Waals surface area contributed by atoms with E-state index in [9.17, 15) is 9.18 Å². The number of nitrogens with one attached hydrogen (secondary N) is 1. The first-order chi connectivity index (χ1) is 17.7. The normalized spacial score (nSPS) is 18.8. The zero-order valence-corrected chi connectivity index (χ0v) is 22.5. The standard InChI is InChI=1S/C29H25Cl3FN3O/c1-29(9-10-29)35-11-7-17(8-12-35)18-13-21(20-6-5-19(33)15-25(20)32)22-16-34-28(37)36(26(22)14-18)27-23(30)3-2-4-24(27)31/h2-7,13-15H,8-12,16H2,1H3,(H,34,37). The molecule has 2 aliphatic heterocycles. The maximum atomic E-state index is 13.9. The zero-order chi connectivity index (χ0) is 25.9. The van der Waals surface area contributed by atoms with Crippen LogP contribution in [0.1, 0.15) is 37.3 Å². The summed E-state index contributed by atoms with van der Waals surface area (Å²) in [6.45, 7) is 4.48. The van der Waals surface area contributed by atoms with Crippen LogP contribution in [-0.4, -0.2) is 29.6 Å². The van der Waals surface area contributed by atoms with Crippen LogP contribution in [0.2, 0.25) is 15.1 Å². The van der Waals surface area contributed by atoms with Gasteiger partial charge in [-0.3, -0.25) is 9.80 Å². The van der Waals surface area contributed by atoms with Crippen LogP contribution >= 0.6 is 34.8 Å². The third-order valence-corrected chi connectivity index (χ3v) is 8.71. The molecule has 3 aliphatic rings. The first-order valence-corrected chi connectivity index (χ1v) is 13.5. The Kier molecular flexibility index (Phi) is 6.23. The van der Waals surface area contributed by atoms with E-state index in [1.807, 2.05) is 6.07 Å². The summed E-state index contributed by atoms with van der Waals surface area (Å²) in [7, 11) is 0. The Hall–Kier alpha value is -2.57. The van der Waals surface area contributed by atoms with Crippen molar-refractivity contribution in [3.05, 3.63) is 86.6 Å². The highest BCUT2D eigenvalue weighted by Gasteiger charge is 2.43. The lowest BCUT2D eigenvalue weighted by atomic mass is 9.89. The SMILES string of the molecule is CC1(N2CC=C(c3cc(-c4ccc(F)cc4Cl)c4c(c3)N(c3c(Cl)cccc3Cl)C(=O)NC4)CC2)CC1. The van der Waals surface area contributed by atoms with Crippen molar-refractivity contribution in [1.29, 1.82) is 0 Å². The van der Waals surface area contributed by atoms with Gasteiger partial charge in [0.05, 0.1) is 26.4 Å². The van der Waals surface area contributed by atoms with Crippen LogP contribution in [-0.2, 0) is 6.54 Å². The predicted molar refractivity (Wildman–Crippen MR) is 149 cm³/mol. The number of hydrogen-bond donors (Lipinski definition) is 1. The molecule has 3 aromatic rings. The highest BCUT2D eigenvalue weighted by Crippen LogP contribution is 2.47. The summed E-state index contributed by atoms with van der Waals surface area (Å²) in [5.74, 6) is -0.403. The van der Waals surface area contributed by atoms with Gasteiger partial charge >= 0.3 is 6.03 Å². The fourth-order valence-corrected chi connectivity index (χ4v) is 6.21. The maximum absolute atomic E-state index is 13.9. The molecule has 1 aliphatic carbocycles. The van der Waals surface area contributed by atoms with Gasteiger partial charge in [-0.25, -0.2) is 9.18 Å². The molecule has 0 aromatic heterocycles. The molecule has 0 saturated heterocycles. The fourth-order valence-electron chi connectivity index (χ4n) is 5.37. The minimum Gasteiger partial charge on any atom is -0.333 e. The van der Waals surface area contributed by atoms with Crippen molar-refractivity contribution in [3.8, 4) is 11.1 Å². The molecule has 1 fully saturated rings. The topological polar surface area (TPSA) is 35.6 Å². The van der Waals surface area contributed by atoms with Gasteiger partial charge in [-0.1, -0.05) is 46.9 Å². The number of carbonyl (C=O) groups is 1. The van der Waals surface area contributed by atoms with Gasteiger partial charge in [0.1, 0.15) is 5.82 Å². The average molecular weight is 557 g/mol. The number of hydrogen-bond acceptors (Lipinski definition) is 2. The summed E-state index contributed by atoms with van der Waals surface area (Å²) in [4.78, 5) is 17.3. The van der Waals surface area contributed by atoms with Crippen LogP contribution in [0.3, 0.4) is 0 Å². The second-order valence-electron chi connectivity index (χ2n) is 10.1. The van der Waals surface area contributed by atoms with Crippen molar-refractivity contribution in [2.24, 2.45) is 0 Å². The maximum Gasteiger partial charge on any atom is 0.326 e. The third kappa shape index (κ3) is 4.42. The first kappa shape index (κ1) is 24.7. The van der Waals surface area contributed by atoms with Crippen LogP contribution in [0.5, 0.6) is 0 Å². The van der Waals surface area contributed by atoms with E-state index in [4.69, 9.17) is 34.8 Å². The second kappa shape index (κ2) is 9.32. The molecular formula is C29H25Cl3FN3O. The van der Waals surface area contributed by atoms with Crippen LogP contribution in [0.15, 0.2) is 54.6 Å². The molecule has 0 unspecified atom stereocenters. The van der Waals surface area contributed by atoms with Crippen LogP contribution in [0, 0.1) is 5.82 Å². The van der Waals surface area contributed by atoms with E-state index in [0.717, 1.165) is 36.2 Å². The quantitative estimate of drug-likeness (QED) is 0.350. The van der Waals surface area contributed by atoms with Gasteiger partial charge in [0.2, 0.25) is 0 Å². The largest absolute Gasteiger partial charge is 0.333 e. The Balaban J connectivity index is 1.54. The third-order valence-electron chi connectivity index (χ3n) is 7.79. The second-order valence-corrected chi connectivity index (χ2v) is 11.4. The van der Waals surface area contributed by atoms with Crippen LogP contribution in [0.25, 0.3) is 16.7 Å². The first-order valence-electron chi connectivity index (χ1n) is 12.3. The Morgan fingerprint density at radius 1 is 0.973 bits per heavy atom. The van der Waals surface area contributed by atoms with Gasteiger partial charge in [0, 0.05) is 36.3 Å². The molecule has 2 amide bonds. The van der Waals surface area contributed by atoms with Crippen LogP contribution < -0.4 is 10.2 Å². The molecule has 37 heavy (non-hydrogen) atoms. The number of fused-ring (bicyclic) bond motifs is 1. The number of amides is 2. The Labute approximate surface area is 230 Å². The van der Waals surface area contributed by atoms with Crippen molar-refractivity contribution in [1.82, 2.24) is 10.2 Å². The van der Waals surface area contributed by atoms with Gasteiger partial charge in [-0.05, 0) is 85.4 Å². The molecule has 0 bridgehead atoms. The van der Waals surface area contributed by atoms with E-state index in [0.29, 0.717) is 44.1 Å². The number of nitrogens with zero attached hydrogens (tertiary/aromatic N) is 2. The number of anilines is 2. The average Bonchev–Trinajstić information content (AvgIpc) is 3.63. The molecule has 190 valence electrons. The number of rotatable bonds is 4. The summed E-state index contributed by atoms with van der Waals surface area (Å²) < 4.78 is 13.9. The number of benzene rings is 3. The minimum absolute atomic E-state index is 0.293. The molecule has 1 N–H and O–H groups in total. The molecule has 0 radical (unpaired) electrons. The predicted octanol–water partition coefficient (Wildman–Crippen LogP) is 8.46. The molecule has 0 atom stereocenters. The number of halogens is 4. The van der Waals surface area contributed by atoms with Gasteiger partial charge in [0.15, 0.2) is 0 Å². The van der Waals surface area contributed by atoms with E-state index in [1.54, 1.807) is 24.3 Å². The van der Waals surface area contributed by atoms with E-state index in [-0.39, 0.29) is 6.03 Å². The lowest BCUT2D eigenvalue weighted by Crippen LogP contribution is -2.42. The molecule has 6 rings (SSSR count). The highest BCUT2D eigenvalue weighted by molar-refractivity contribution is 6.40. The minimum atomic E-state index is -0.403. The smallest absolute Gasteiger partial charge is 0.326 e. The van der Waals surface area contributed by atoms with Gasteiger partial charge in [0.25, 0.3) is 0 Å². The van der Waals surface area contributed by atoms with Crippen molar-refractivity contribution >= 4 is 57.8 Å². The van der Waals surface area contributed by atoms with E-state index >= 15 is 0 Å². The monoisotopic (exact) mass is 555 g/mol. The van der Waals surface area contributed by atoms with Crippen molar-refractivity contribution in [2.75, 3.05) is 18.0 Å². The lowest BCUT2D eigenvalue weighted by molar-refractivity contribution is 0.212. The summed E-state index contributed by atoms with van der Waals surface area (Å²) in [5.41, 5.74) is 6.02. The number of urea groups is 1. The molecule has 2 heterocycles. The zero-order valence-electron chi connectivity index (χ0n) is 20.3. The van der Waals surface area contributed by atoms with E-state index in [2.05, 4.69) is 29.3 Å². The summed E-state index contributed by atoms with van der Waals surface area (Å²) >= 11 is 19.7. The highest BCUT2D eigenvalue weighted by atomic mass is 35.5. The van der Waals surface area contributed by atoms with Crippen LogP contribution in [0.4, 0.5) is 20.6 Å². The molecular weight excluding hydrogens is 532 g/mol. The summed E-state index contributed by atoms with van der Waals surface area (Å²) in [5, 5.41) is 3.99. The fraction of sp³-hybridized carbons (Fsp3) is 0.276. The van der Waals surface area contributed by atoms with Gasteiger partial charge < -0.3 is 5.32 Å². The Morgan fingerprint density at radius 2 is 1.73 bits per heavy atom. The summed E-state index contributed by atoms with van der Waals surface area (Å²) in [6, 6.07) is 13.4. The molecule has 0 spiro atoms. The van der Waals surface area contributed by atoms with Crippen molar-refractivity contribution in [3.63, 3.8) is 0 Å². The van der Waals surface area contributed by atoms with Gasteiger partial charge in [-0.15, -0.1) is 0 Å².